The lowest BCUT2D eigenvalue weighted by atomic mass is 10.1. The Morgan fingerprint density at radius 2 is 1.72 bits per heavy atom. The van der Waals surface area contributed by atoms with Gasteiger partial charge in [0.2, 0.25) is 0 Å². The first-order valence-corrected chi connectivity index (χ1v) is 9.86. The van der Waals surface area contributed by atoms with E-state index in [1.54, 1.807) is 24.3 Å². The molecule has 0 atom stereocenters. The number of aromatic nitrogens is 3. The van der Waals surface area contributed by atoms with Crippen LogP contribution in [0.4, 0.5) is 30.4 Å². The predicted molar refractivity (Wildman–Crippen MR) is 117 cm³/mol. The van der Waals surface area contributed by atoms with Crippen molar-refractivity contribution < 1.29 is 18.0 Å². The number of hydrogen-bond donors (Lipinski definition) is 3. The minimum Gasteiger partial charge on any atom is -0.343 e. The fourth-order valence-corrected chi connectivity index (χ4v) is 3.48. The molecule has 3 N–H and O–H groups in total. The first kappa shape index (κ1) is 21.6. The van der Waals surface area contributed by atoms with E-state index in [0.29, 0.717) is 11.5 Å². The molecule has 4 aromatic rings. The Balaban J connectivity index is 1.52. The molecule has 0 unspecified atom stereocenters. The second-order valence-corrected chi connectivity index (χ2v) is 7.58. The molecule has 0 radical (unpaired) electrons. The van der Waals surface area contributed by atoms with Gasteiger partial charge < -0.3 is 15.6 Å². The topological polar surface area (TPSA) is 82.7 Å². The Bertz CT molecular complexity index is 1320. The third-order valence-electron chi connectivity index (χ3n) is 5.03. The largest absolute Gasteiger partial charge is 0.417 e. The third kappa shape index (κ3) is 4.24. The summed E-state index contributed by atoms with van der Waals surface area (Å²) in [7, 11) is 0. The summed E-state index contributed by atoms with van der Waals surface area (Å²) < 4.78 is 39.1. The molecule has 2 aromatic carbocycles. The lowest BCUT2D eigenvalue weighted by Gasteiger charge is -2.12. The van der Waals surface area contributed by atoms with Crippen molar-refractivity contribution in [2.75, 3.05) is 10.6 Å². The highest BCUT2D eigenvalue weighted by Crippen LogP contribution is 2.36. The van der Waals surface area contributed by atoms with Gasteiger partial charge in [-0.1, -0.05) is 11.6 Å². The number of halogens is 4. The van der Waals surface area contributed by atoms with E-state index in [4.69, 9.17) is 11.6 Å². The van der Waals surface area contributed by atoms with Crippen LogP contribution in [0.1, 0.15) is 27.2 Å². The third-order valence-corrected chi connectivity index (χ3v) is 5.36. The Morgan fingerprint density at radius 1 is 1.03 bits per heavy atom. The van der Waals surface area contributed by atoms with Crippen molar-refractivity contribution in [1.29, 1.82) is 0 Å². The standard InChI is InChI=1S/C22H17ClF3N5O/c1-11-12(2)29-19-18(11)20(28-10-27-19)30-14-5-3-13(4-6-14)21(32)31-15-7-8-17(23)16(9-15)22(24,25)26/h3-10H,1-2H3,(H,31,32)(H2,27,28,29,30). The SMILES string of the molecule is Cc1[nH]c2ncnc(Nc3ccc(C(=O)Nc4ccc(Cl)c(C(F)(F)F)c4)cc3)c2c1C. The van der Waals surface area contributed by atoms with Gasteiger partial charge in [-0.2, -0.15) is 13.2 Å². The number of carbonyl (C=O) groups is 1. The number of alkyl halides is 3. The number of anilines is 3. The van der Waals surface area contributed by atoms with Crippen LogP contribution in [0.2, 0.25) is 5.02 Å². The number of benzene rings is 2. The highest BCUT2D eigenvalue weighted by Gasteiger charge is 2.33. The minimum absolute atomic E-state index is 0.00407. The van der Waals surface area contributed by atoms with E-state index >= 15 is 0 Å². The van der Waals surface area contributed by atoms with E-state index in [2.05, 4.69) is 25.6 Å². The summed E-state index contributed by atoms with van der Waals surface area (Å²) in [5.74, 6) is 0.0726. The molecular weight excluding hydrogens is 443 g/mol. The lowest BCUT2D eigenvalue weighted by Crippen LogP contribution is -2.13. The van der Waals surface area contributed by atoms with Gasteiger partial charge in [-0.3, -0.25) is 4.79 Å². The zero-order valence-electron chi connectivity index (χ0n) is 16.9. The zero-order valence-corrected chi connectivity index (χ0v) is 17.7. The summed E-state index contributed by atoms with van der Waals surface area (Å²) in [5.41, 5.74) is 2.69. The molecule has 0 saturated heterocycles. The monoisotopic (exact) mass is 459 g/mol. The van der Waals surface area contributed by atoms with E-state index in [-0.39, 0.29) is 11.3 Å². The normalized spacial score (nSPS) is 11.6. The average molecular weight is 460 g/mol. The quantitative estimate of drug-likeness (QED) is 0.337. The van der Waals surface area contributed by atoms with Gasteiger partial charge in [-0.25, -0.2) is 9.97 Å². The Kier molecular flexibility index (Phi) is 5.52. The number of H-pyrrole nitrogens is 1. The highest BCUT2D eigenvalue weighted by molar-refractivity contribution is 6.31. The highest BCUT2D eigenvalue weighted by atomic mass is 35.5. The van der Waals surface area contributed by atoms with E-state index in [0.717, 1.165) is 34.4 Å². The van der Waals surface area contributed by atoms with Gasteiger partial charge in [0, 0.05) is 22.6 Å². The molecule has 32 heavy (non-hydrogen) atoms. The second-order valence-electron chi connectivity index (χ2n) is 7.17. The molecule has 6 nitrogen and oxygen atoms in total. The van der Waals surface area contributed by atoms with Crippen LogP contribution >= 0.6 is 11.6 Å². The summed E-state index contributed by atoms with van der Waals surface area (Å²) in [6.07, 6.45) is -3.17. The van der Waals surface area contributed by atoms with Crippen molar-refractivity contribution in [3.63, 3.8) is 0 Å². The summed E-state index contributed by atoms with van der Waals surface area (Å²) in [5, 5.41) is 6.10. The second kappa shape index (κ2) is 8.16. The summed E-state index contributed by atoms with van der Waals surface area (Å²) in [6.45, 7) is 3.92. The number of rotatable bonds is 4. The van der Waals surface area contributed by atoms with Gasteiger partial charge >= 0.3 is 6.18 Å². The minimum atomic E-state index is -4.62. The van der Waals surface area contributed by atoms with Crippen LogP contribution in [-0.4, -0.2) is 20.9 Å². The molecule has 2 heterocycles. The first-order valence-electron chi connectivity index (χ1n) is 9.48. The van der Waals surface area contributed by atoms with Crippen molar-refractivity contribution in [2.24, 2.45) is 0 Å². The number of fused-ring (bicyclic) bond motifs is 1. The molecule has 164 valence electrons. The van der Waals surface area contributed by atoms with Crippen molar-refractivity contribution in [2.45, 2.75) is 20.0 Å². The van der Waals surface area contributed by atoms with Crippen LogP contribution in [0.25, 0.3) is 11.0 Å². The van der Waals surface area contributed by atoms with E-state index in [1.165, 1.54) is 12.4 Å². The molecule has 0 bridgehead atoms. The van der Waals surface area contributed by atoms with Crippen LogP contribution in [0.15, 0.2) is 48.8 Å². The van der Waals surface area contributed by atoms with Crippen LogP contribution < -0.4 is 10.6 Å². The fourth-order valence-electron chi connectivity index (χ4n) is 3.25. The van der Waals surface area contributed by atoms with E-state index in [9.17, 15) is 18.0 Å². The fraction of sp³-hybridized carbons (Fsp3) is 0.136. The number of nitrogens with one attached hydrogen (secondary N) is 3. The van der Waals surface area contributed by atoms with Crippen molar-refractivity contribution in [3.05, 3.63) is 76.2 Å². The molecule has 0 aliphatic carbocycles. The molecule has 10 heteroatoms. The van der Waals surface area contributed by atoms with Gasteiger partial charge in [-0.05, 0) is 61.9 Å². The molecule has 0 spiro atoms. The molecule has 0 fully saturated rings. The molecule has 1 amide bonds. The predicted octanol–water partition coefficient (Wildman–Crippen LogP) is 6.24. The first-order chi connectivity index (χ1) is 15.1. The molecule has 0 aliphatic heterocycles. The summed E-state index contributed by atoms with van der Waals surface area (Å²) in [4.78, 5) is 24.2. The smallest absolute Gasteiger partial charge is 0.343 e. The van der Waals surface area contributed by atoms with Crippen LogP contribution in [0.5, 0.6) is 0 Å². The molecule has 0 aliphatic rings. The maximum Gasteiger partial charge on any atom is 0.417 e. The summed E-state index contributed by atoms with van der Waals surface area (Å²) in [6, 6.07) is 9.70. The number of nitrogens with zero attached hydrogens (tertiary/aromatic N) is 2. The lowest BCUT2D eigenvalue weighted by molar-refractivity contribution is -0.137. The average Bonchev–Trinajstić information content (AvgIpc) is 3.03. The number of carbonyl (C=O) groups excluding carboxylic acids is 1. The van der Waals surface area contributed by atoms with Gasteiger partial charge in [0.1, 0.15) is 17.8 Å². The van der Waals surface area contributed by atoms with Gasteiger partial charge in [-0.15, -0.1) is 0 Å². The van der Waals surface area contributed by atoms with Gasteiger partial charge in [0.15, 0.2) is 0 Å². The molecule has 4 rings (SSSR count). The van der Waals surface area contributed by atoms with Crippen LogP contribution in [0, 0.1) is 13.8 Å². The number of amides is 1. The molecule has 0 saturated carbocycles. The number of aromatic amines is 1. The Morgan fingerprint density at radius 3 is 2.41 bits per heavy atom. The maximum absolute atomic E-state index is 13.0. The summed E-state index contributed by atoms with van der Waals surface area (Å²) >= 11 is 5.62. The van der Waals surface area contributed by atoms with Crippen molar-refractivity contribution >= 4 is 45.7 Å². The maximum atomic E-state index is 13.0. The zero-order chi connectivity index (χ0) is 23.0. The number of hydrogen-bond acceptors (Lipinski definition) is 4. The van der Waals surface area contributed by atoms with Crippen molar-refractivity contribution in [3.8, 4) is 0 Å². The van der Waals surface area contributed by atoms with Crippen LogP contribution in [0.3, 0.4) is 0 Å². The number of aryl methyl sites for hydroxylation is 2. The van der Waals surface area contributed by atoms with Crippen LogP contribution in [-0.2, 0) is 6.18 Å². The molecule has 2 aromatic heterocycles. The van der Waals surface area contributed by atoms with Crippen molar-refractivity contribution in [1.82, 2.24) is 15.0 Å². The van der Waals surface area contributed by atoms with Gasteiger partial charge in [0.25, 0.3) is 5.91 Å². The van der Waals surface area contributed by atoms with E-state index in [1.807, 2.05) is 13.8 Å². The Hall–Kier alpha value is -3.59. The Labute approximate surface area is 185 Å². The van der Waals surface area contributed by atoms with Gasteiger partial charge in [0.05, 0.1) is 16.0 Å². The van der Waals surface area contributed by atoms with E-state index < -0.39 is 22.7 Å². The molecular formula is C22H17ClF3N5O.